The molecule has 3 rings (SSSR count). The Hall–Kier alpha value is -3.36. The third kappa shape index (κ3) is 5.97. The van der Waals surface area contributed by atoms with Crippen molar-refractivity contribution in [2.24, 2.45) is 0 Å². The Morgan fingerprint density at radius 2 is 1.89 bits per heavy atom. The third-order valence-corrected chi connectivity index (χ3v) is 7.71. The molecule has 1 fully saturated rings. The van der Waals surface area contributed by atoms with Crippen LogP contribution in [0.5, 0.6) is 11.5 Å². The Bertz CT molecular complexity index is 1340. The molecule has 0 bridgehead atoms. The zero-order valence-corrected chi connectivity index (χ0v) is 20.5. The van der Waals surface area contributed by atoms with E-state index in [2.05, 4.69) is 0 Å². The molecule has 1 saturated heterocycles. The lowest BCUT2D eigenvalue weighted by molar-refractivity contribution is -0.137. The molecule has 37 heavy (non-hydrogen) atoms. The van der Waals surface area contributed by atoms with Crippen molar-refractivity contribution in [1.29, 1.82) is 10.5 Å². The summed E-state index contributed by atoms with van der Waals surface area (Å²) in [5.41, 5.74) is -3.71. The van der Waals surface area contributed by atoms with Crippen LogP contribution in [0.3, 0.4) is 0 Å². The Morgan fingerprint density at radius 1 is 1.16 bits per heavy atom. The van der Waals surface area contributed by atoms with Crippen LogP contribution >= 0.6 is 0 Å². The van der Waals surface area contributed by atoms with E-state index in [9.17, 15) is 42.3 Å². The third-order valence-electron chi connectivity index (χ3n) is 5.84. The van der Waals surface area contributed by atoms with Gasteiger partial charge in [-0.25, -0.2) is 8.42 Å². The summed E-state index contributed by atoms with van der Waals surface area (Å²) in [5.74, 6) is 0.280. The van der Waals surface area contributed by atoms with Gasteiger partial charge < -0.3 is 19.7 Å². The van der Waals surface area contributed by atoms with Gasteiger partial charge in [0, 0.05) is 12.6 Å². The Labute approximate surface area is 211 Å². The summed E-state index contributed by atoms with van der Waals surface area (Å²) in [6.07, 6.45) is -4.55. The molecule has 2 aromatic rings. The number of nitriles is 2. The van der Waals surface area contributed by atoms with Gasteiger partial charge in [-0.3, -0.25) is 0 Å². The number of rotatable bonds is 9. The van der Waals surface area contributed by atoms with E-state index in [4.69, 9.17) is 9.47 Å². The number of sulfonamides is 1. The summed E-state index contributed by atoms with van der Waals surface area (Å²) >= 11 is 0. The van der Waals surface area contributed by atoms with Gasteiger partial charge in [0.25, 0.3) is 0 Å². The van der Waals surface area contributed by atoms with E-state index in [0.717, 1.165) is 10.7 Å². The molecule has 0 aliphatic carbocycles. The number of aliphatic hydroxyl groups excluding tert-OH is 1. The largest absolute Gasteiger partial charge is 0.490 e. The second kappa shape index (κ2) is 10.9. The van der Waals surface area contributed by atoms with E-state index in [1.165, 1.54) is 24.3 Å². The van der Waals surface area contributed by atoms with Crippen molar-refractivity contribution < 1.29 is 41.3 Å². The van der Waals surface area contributed by atoms with E-state index < -0.39 is 63.6 Å². The fraction of sp³-hybridized carbons (Fsp3) is 0.417. The molecule has 0 spiro atoms. The molecule has 13 heteroatoms. The SMILES string of the molecule is CCCCOc1cc(C#N)ccc1OC1CN(S(=O)(=O)c2ccc(C(F)(F)F)cc2C#N)CC1(O)CO. The molecule has 0 aromatic heterocycles. The van der Waals surface area contributed by atoms with Crippen LogP contribution in [0.25, 0.3) is 0 Å². The molecule has 9 nitrogen and oxygen atoms in total. The first-order valence-electron chi connectivity index (χ1n) is 11.2. The molecule has 2 unspecified atom stereocenters. The highest BCUT2D eigenvalue weighted by atomic mass is 32.2. The van der Waals surface area contributed by atoms with Gasteiger partial charge in [-0.1, -0.05) is 13.3 Å². The predicted octanol–water partition coefficient (Wildman–Crippen LogP) is 2.80. The number of hydrogen-bond donors (Lipinski definition) is 2. The van der Waals surface area contributed by atoms with Crippen LogP contribution in [0.4, 0.5) is 13.2 Å². The lowest BCUT2D eigenvalue weighted by Crippen LogP contribution is -2.48. The summed E-state index contributed by atoms with van der Waals surface area (Å²) in [6, 6.07) is 9.38. The molecule has 0 amide bonds. The first kappa shape index (κ1) is 28.2. The number of hydrogen-bond acceptors (Lipinski definition) is 8. The number of alkyl halides is 3. The normalized spacial score (nSPS) is 20.3. The highest BCUT2D eigenvalue weighted by molar-refractivity contribution is 7.89. The zero-order chi connectivity index (χ0) is 27.4. The highest BCUT2D eigenvalue weighted by Crippen LogP contribution is 2.37. The van der Waals surface area contributed by atoms with E-state index in [0.29, 0.717) is 31.2 Å². The van der Waals surface area contributed by atoms with Crippen molar-refractivity contribution in [3.63, 3.8) is 0 Å². The van der Waals surface area contributed by atoms with Crippen LogP contribution < -0.4 is 9.47 Å². The number of halogens is 3. The molecule has 198 valence electrons. The first-order valence-corrected chi connectivity index (χ1v) is 12.6. The molecule has 2 aromatic carbocycles. The summed E-state index contributed by atoms with van der Waals surface area (Å²) in [5, 5.41) is 39.4. The second-order valence-electron chi connectivity index (χ2n) is 8.46. The number of benzene rings is 2. The monoisotopic (exact) mass is 539 g/mol. The average Bonchev–Trinajstić information content (AvgIpc) is 3.21. The molecule has 2 N–H and O–H groups in total. The van der Waals surface area contributed by atoms with Crippen LogP contribution in [-0.2, 0) is 16.2 Å². The maximum Gasteiger partial charge on any atom is 0.416 e. The summed E-state index contributed by atoms with van der Waals surface area (Å²) < 4.78 is 78.0. The topological polar surface area (TPSA) is 144 Å². The van der Waals surface area contributed by atoms with E-state index >= 15 is 0 Å². The van der Waals surface area contributed by atoms with Crippen molar-refractivity contribution in [1.82, 2.24) is 4.31 Å². The van der Waals surface area contributed by atoms with Crippen LogP contribution in [-0.4, -0.2) is 60.9 Å². The Balaban J connectivity index is 1.93. The second-order valence-corrected chi connectivity index (χ2v) is 10.4. The molecular formula is C24H24F3N3O6S. The van der Waals surface area contributed by atoms with Crippen molar-refractivity contribution in [2.75, 3.05) is 26.3 Å². The minimum absolute atomic E-state index is 0.0958. The quantitative estimate of drug-likeness (QED) is 0.463. The van der Waals surface area contributed by atoms with Crippen LogP contribution in [0.2, 0.25) is 0 Å². The van der Waals surface area contributed by atoms with E-state index in [1.54, 1.807) is 0 Å². The fourth-order valence-electron chi connectivity index (χ4n) is 3.73. The van der Waals surface area contributed by atoms with Gasteiger partial charge in [0.1, 0.15) is 17.8 Å². The van der Waals surface area contributed by atoms with E-state index in [-0.39, 0.29) is 17.1 Å². The summed E-state index contributed by atoms with van der Waals surface area (Å²) in [6.45, 7) is 0.228. The summed E-state index contributed by atoms with van der Waals surface area (Å²) in [4.78, 5) is -0.675. The number of aliphatic hydroxyl groups is 2. The fourth-order valence-corrected chi connectivity index (χ4v) is 5.36. The van der Waals surface area contributed by atoms with Crippen LogP contribution in [0.15, 0.2) is 41.3 Å². The van der Waals surface area contributed by atoms with Gasteiger partial charge in [0.2, 0.25) is 10.0 Å². The minimum Gasteiger partial charge on any atom is -0.490 e. The maximum atomic E-state index is 13.3. The highest BCUT2D eigenvalue weighted by Gasteiger charge is 2.51. The zero-order valence-electron chi connectivity index (χ0n) is 19.7. The van der Waals surface area contributed by atoms with Gasteiger partial charge in [-0.15, -0.1) is 0 Å². The summed E-state index contributed by atoms with van der Waals surface area (Å²) in [7, 11) is -4.57. The van der Waals surface area contributed by atoms with Crippen LogP contribution in [0.1, 0.15) is 36.5 Å². The molecule has 1 aliphatic rings. The molecule has 0 saturated carbocycles. The average molecular weight is 540 g/mol. The van der Waals surface area contributed by atoms with Crippen molar-refractivity contribution >= 4 is 10.0 Å². The van der Waals surface area contributed by atoms with Gasteiger partial charge >= 0.3 is 6.18 Å². The lowest BCUT2D eigenvalue weighted by Gasteiger charge is -2.27. The molecular weight excluding hydrogens is 515 g/mol. The smallest absolute Gasteiger partial charge is 0.416 e. The van der Waals surface area contributed by atoms with E-state index in [1.807, 2.05) is 13.0 Å². The van der Waals surface area contributed by atoms with Crippen molar-refractivity contribution in [3.8, 4) is 23.6 Å². The van der Waals surface area contributed by atoms with Gasteiger partial charge in [0.05, 0.1) is 47.4 Å². The number of ether oxygens (including phenoxy) is 2. The van der Waals surface area contributed by atoms with Crippen molar-refractivity contribution in [3.05, 3.63) is 53.1 Å². The molecule has 1 aliphatic heterocycles. The number of unbranched alkanes of at least 4 members (excludes halogenated alkanes) is 1. The lowest BCUT2D eigenvalue weighted by atomic mass is 10.0. The van der Waals surface area contributed by atoms with Gasteiger partial charge in [-0.05, 0) is 36.8 Å². The van der Waals surface area contributed by atoms with Gasteiger partial charge in [-0.2, -0.15) is 28.0 Å². The number of nitrogens with zero attached hydrogens (tertiary/aromatic N) is 3. The standard InChI is InChI=1S/C24H24F3N3O6S/c1-2-3-8-35-20-9-16(11-28)4-6-19(20)36-22-13-30(14-23(22,32)15-31)37(33,34)21-7-5-18(24(25,26)27)10-17(21)12-29/h4-7,9-10,22,31-32H,2-3,8,13-15H2,1H3. The van der Waals surface area contributed by atoms with Crippen LogP contribution in [0, 0.1) is 22.7 Å². The number of β-amino-alcohol motifs (C(OH)–C–C–N with tert-alkyl or cyclic N) is 1. The molecule has 2 atom stereocenters. The Morgan fingerprint density at radius 3 is 2.49 bits per heavy atom. The minimum atomic E-state index is -4.78. The maximum absolute atomic E-state index is 13.3. The van der Waals surface area contributed by atoms with Crippen molar-refractivity contribution in [2.45, 2.75) is 42.5 Å². The predicted molar refractivity (Wildman–Crippen MR) is 123 cm³/mol. The Kier molecular flexibility index (Phi) is 8.35. The molecule has 0 radical (unpaired) electrons. The van der Waals surface area contributed by atoms with Gasteiger partial charge in [0.15, 0.2) is 11.5 Å². The molecule has 1 heterocycles. The first-order chi connectivity index (χ1) is 17.4.